The fourth-order valence-electron chi connectivity index (χ4n) is 3.48. The van der Waals surface area contributed by atoms with Gasteiger partial charge in [0.25, 0.3) is 5.91 Å². The second-order valence-electron chi connectivity index (χ2n) is 6.43. The number of hydrogen-bond acceptors (Lipinski definition) is 5. The molecule has 0 radical (unpaired) electrons. The number of ether oxygens (including phenoxy) is 1. The van der Waals surface area contributed by atoms with E-state index in [-0.39, 0.29) is 12.0 Å². The summed E-state index contributed by atoms with van der Waals surface area (Å²) < 4.78 is 7.60. The van der Waals surface area contributed by atoms with Crippen LogP contribution in [-0.2, 0) is 4.74 Å². The maximum absolute atomic E-state index is 12.8. The quantitative estimate of drug-likeness (QED) is 0.881. The van der Waals surface area contributed by atoms with E-state index in [1.165, 1.54) is 0 Å². The predicted molar refractivity (Wildman–Crippen MR) is 86.5 cm³/mol. The Labute approximate surface area is 137 Å². The Morgan fingerprint density at radius 2 is 2.17 bits per heavy atom. The van der Waals surface area contributed by atoms with Crippen molar-refractivity contribution in [2.45, 2.75) is 51.7 Å². The smallest absolute Gasteiger partial charge is 0.276 e. The van der Waals surface area contributed by atoms with E-state index in [4.69, 9.17) is 4.74 Å². The molecule has 1 N–H and O–H groups in total. The minimum absolute atomic E-state index is 0.0271. The van der Waals surface area contributed by atoms with Crippen LogP contribution in [0.4, 0.5) is 0 Å². The van der Waals surface area contributed by atoms with Crippen molar-refractivity contribution in [3.8, 4) is 0 Å². The Hall–Kier alpha value is -1.47. The number of carbonyl (C=O) groups is 1. The number of aromatic nitrogens is 3. The molecule has 1 aromatic rings. The maximum Gasteiger partial charge on any atom is 0.276 e. The molecule has 128 valence electrons. The Bertz CT molecular complexity index is 533. The highest BCUT2D eigenvalue weighted by molar-refractivity contribution is 5.93. The second-order valence-corrected chi connectivity index (χ2v) is 6.43. The van der Waals surface area contributed by atoms with E-state index in [0.29, 0.717) is 24.8 Å². The Morgan fingerprint density at radius 3 is 2.83 bits per heavy atom. The van der Waals surface area contributed by atoms with Gasteiger partial charge in [0.15, 0.2) is 5.69 Å². The summed E-state index contributed by atoms with van der Waals surface area (Å²) in [5, 5.41) is 11.8. The molecule has 2 aliphatic rings. The number of hydrogen-bond donors (Lipinski definition) is 1. The molecular formula is C16H27N5O2. The van der Waals surface area contributed by atoms with Gasteiger partial charge in [0, 0.05) is 19.7 Å². The number of likely N-dealkylation sites (N-methyl/N-ethyl adjacent to an activating group) is 1. The molecule has 0 aliphatic carbocycles. The van der Waals surface area contributed by atoms with E-state index >= 15 is 0 Å². The minimum atomic E-state index is -0.0271. The average molecular weight is 321 g/mol. The van der Waals surface area contributed by atoms with Crippen LogP contribution in [0.25, 0.3) is 0 Å². The number of amides is 1. The number of nitrogens with zero attached hydrogens (tertiary/aromatic N) is 4. The number of carbonyl (C=O) groups excluding carboxylic acids is 1. The molecule has 1 amide bonds. The van der Waals surface area contributed by atoms with Gasteiger partial charge < -0.3 is 15.0 Å². The van der Waals surface area contributed by atoms with E-state index in [1.54, 1.807) is 0 Å². The molecule has 0 spiro atoms. The molecular weight excluding hydrogens is 294 g/mol. The van der Waals surface area contributed by atoms with Gasteiger partial charge in [0.1, 0.15) is 0 Å². The summed E-state index contributed by atoms with van der Waals surface area (Å²) in [6, 6.07) is 0.346. The van der Waals surface area contributed by atoms with Gasteiger partial charge >= 0.3 is 0 Å². The van der Waals surface area contributed by atoms with Crippen LogP contribution in [0.2, 0.25) is 0 Å². The summed E-state index contributed by atoms with van der Waals surface area (Å²) in [6.45, 7) is 8.06. The fraction of sp³-hybridized carbons (Fsp3) is 0.812. The molecule has 0 saturated carbocycles. The molecule has 1 atom stereocenters. The van der Waals surface area contributed by atoms with E-state index in [0.717, 1.165) is 51.1 Å². The lowest BCUT2D eigenvalue weighted by atomic mass is 10.1. The van der Waals surface area contributed by atoms with Gasteiger partial charge in [-0.2, -0.15) is 0 Å². The summed E-state index contributed by atoms with van der Waals surface area (Å²) in [7, 11) is 0. The summed E-state index contributed by atoms with van der Waals surface area (Å²) in [6.07, 6.45) is 4.35. The first-order valence-corrected chi connectivity index (χ1v) is 8.74. The standard InChI is InChI=1S/C16H27N5O2/c1-3-20(11-14-5-4-10-23-14)16(22)15-12(2)21(19-18-15)13-6-8-17-9-7-13/h13-14,17H,3-11H2,1-2H3/t14-/m0/s1. The van der Waals surface area contributed by atoms with Crippen LogP contribution in [0.15, 0.2) is 0 Å². The van der Waals surface area contributed by atoms with Crippen molar-refractivity contribution in [2.24, 2.45) is 0 Å². The third-order valence-electron chi connectivity index (χ3n) is 4.90. The minimum Gasteiger partial charge on any atom is -0.376 e. The first-order valence-electron chi connectivity index (χ1n) is 8.74. The van der Waals surface area contributed by atoms with Gasteiger partial charge in [0.05, 0.1) is 17.8 Å². The molecule has 7 nitrogen and oxygen atoms in total. The Balaban J connectivity index is 1.71. The van der Waals surface area contributed by atoms with Crippen molar-refractivity contribution in [3.63, 3.8) is 0 Å². The van der Waals surface area contributed by atoms with Crippen LogP contribution in [0.1, 0.15) is 54.8 Å². The Morgan fingerprint density at radius 1 is 1.39 bits per heavy atom. The van der Waals surface area contributed by atoms with E-state index in [1.807, 2.05) is 23.4 Å². The van der Waals surface area contributed by atoms with Gasteiger partial charge in [0.2, 0.25) is 0 Å². The molecule has 3 heterocycles. The molecule has 23 heavy (non-hydrogen) atoms. The highest BCUT2D eigenvalue weighted by Gasteiger charge is 2.27. The van der Waals surface area contributed by atoms with Gasteiger partial charge in [-0.3, -0.25) is 4.79 Å². The van der Waals surface area contributed by atoms with Crippen molar-refractivity contribution in [1.82, 2.24) is 25.2 Å². The zero-order chi connectivity index (χ0) is 16.2. The van der Waals surface area contributed by atoms with Crippen LogP contribution >= 0.6 is 0 Å². The molecule has 0 aromatic carbocycles. The molecule has 2 aliphatic heterocycles. The van der Waals surface area contributed by atoms with E-state index in [2.05, 4.69) is 15.6 Å². The third kappa shape index (κ3) is 3.55. The van der Waals surface area contributed by atoms with Gasteiger partial charge in [-0.1, -0.05) is 5.21 Å². The maximum atomic E-state index is 12.8. The average Bonchev–Trinajstić information content (AvgIpc) is 3.22. The van der Waals surface area contributed by atoms with Crippen molar-refractivity contribution >= 4 is 5.91 Å². The van der Waals surface area contributed by atoms with Crippen molar-refractivity contribution in [1.29, 1.82) is 0 Å². The summed E-state index contributed by atoms with van der Waals surface area (Å²) in [5.74, 6) is -0.0271. The predicted octanol–water partition coefficient (Wildman–Crippen LogP) is 1.15. The molecule has 1 aromatic heterocycles. The van der Waals surface area contributed by atoms with E-state index < -0.39 is 0 Å². The molecule has 0 unspecified atom stereocenters. The fourth-order valence-corrected chi connectivity index (χ4v) is 3.48. The van der Waals surface area contributed by atoms with Gasteiger partial charge in [-0.05, 0) is 52.6 Å². The van der Waals surface area contributed by atoms with Crippen LogP contribution in [0.5, 0.6) is 0 Å². The molecule has 2 saturated heterocycles. The molecule has 0 bridgehead atoms. The largest absolute Gasteiger partial charge is 0.376 e. The number of piperidine rings is 1. The van der Waals surface area contributed by atoms with Crippen molar-refractivity contribution < 1.29 is 9.53 Å². The number of rotatable bonds is 5. The van der Waals surface area contributed by atoms with Crippen molar-refractivity contribution in [3.05, 3.63) is 11.4 Å². The first-order chi connectivity index (χ1) is 11.2. The first kappa shape index (κ1) is 16.4. The van der Waals surface area contributed by atoms with E-state index in [9.17, 15) is 4.79 Å². The third-order valence-corrected chi connectivity index (χ3v) is 4.90. The summed E-state index contributed by atoms with van der Waals surface area (Å²) in [4.78, 5) is 14.7. The Kier molecular flexibility index (Phi) is 5.27. The molecule has 3 rings (SSSR count). The zero-order valence-corrected chi connectivity index (χ0v) is 14.1. The lowest BCUT2D eigenvalue weighted by Gasteiger charge is -2.24. The van der Waals surface area contributed by atoms with Gasteiger partial charge in [-0.15, -0.1) is 5.10 Å². The van der Waals surface area contributed by atoms with Crippen molar-refractivity contribution in [2.75, 3.05) is 32.8 Å². The second kappa shape index (κ2) is 7.40. The van der Waals surface area contributed by atoms with Crippen LogP contribution in [0.3, 0.4) is 0 Å². The van der Waals surface area contributed by atoms with Crippen LogP contribution in [0, 0.1) is 6.92 Å². The zero-order valence-electron chi connectivity index (χ0n) is 14.1. The molecule has 2 fully saturated rings. The highest BCUT2D eigenvalue weighted by atomic mass is 16.5. The summed E-state index contributed by atoms with van der Waals surface area (Å²) in [5.41, 5.74) is 1.37. The number of nitrogens with one attached hydrogen (secondary N) is 1. The monoisotopic (exact) mass is 321 g/mol. The van der Waals surface area contributed by atoms with Crippen LogP contribution < -0.4 is 5.32 Å². The summed E-state index contributed by atoms with van der Waals surface area (Å²) >= 11 is 0. The lowest BCUT2D eigenvalue weighted by molar-refractivity contribution is 0.0534. The molecule has 7 heteroatoms. The lowest BCUT2D eigenvalue weighted by Crippen LogP contribution is -2.37. The highest BCUT2D eigenvalue weighted by Crippen LogP contribution is 2.21. The topological polar surface area (TPSA) is 72.3 Å². The van der Waals surface area contributed by atoms with Crippen LogP contribution in [-0.4, -0.2) is 64.7 Å². The SMILES string of the molecule is CCN(C[C@@H]1CCCO1)C(=O)c1nnn(C2CCNCC2)c1C. The normalized spacial score (nSPS) is 22.4. The van der Waals surface area contributed by atoms with Gasteiger partial charge in [-0.25, -0.2) is 4.68 Å².